The van der Waals surface area contributed by atoms with Gasteiger partial charge in [0.15, 0.2) is 0 Å². The maximum Gasteiger partial charge on any atom is 0.0704 e. The second-order valence-corrected chi connectivity index (χ2v) is 6.23. The fourth-order valence-electron chi connectivity index (χ4n) is 3.82. The van der Waals surface area contributed by atoms with Gasteiger partial charge in [-0.25, -0.2) is 0 Å². The highest BCUT2D eigenvalue weighted by Crippen LogP contribution is 2.38. The van der Waals surface area contributed by atoms with E-state index in [-0.39, 0.29) is 0 Å². The Bertz CT molecular complexity index is 573. The van der Waals surface area contributed by atoms with Crippen LogP contribution in [0, 0.1) is 5.92 Å². The lowest BCUT2D eigenvalue weighted by Gasteiger charge is -2.27. The number of rotatable bonds is 4. The Hall–Kier alpha value is -1.41. The second-order valence-electron chi connectivity index (χ2n) is 6.23. The Balaban J connectivity index is 1.96. The molecule has 0 amide bonds. The minimum absolute atomic E-state index is 0.680. The van der Waals surface area contributed by atoms with Crippen molar-refractivity contribution in [3.05, 3.63) is 42.1 Å². The van der Waals surface area contributed by atoms with Gasteiger partial charge in [-0.1, -0.05) is 44.4 Å². The van der Waals surface area contributed by atoms with Crippen molar-refractivity contribution in [1.29, 1.82) is 0 Å². The maximum absolute atomic E-state index is 4.53. The predicted octanol–water partition coefficient (Wildman–Crippen LogP) is 4.51. The SMILES string of the molecule is CCNCC1CCCCCC1c1cccc2ncccc12. The summed E-state index contributed by atoms with van der Waals surface area (Å²) in [5.74, 6) is 1.44. The van der Waals surface area contributed by atoms with Crippen molar-refractivity contribution >= 4 is 10.9 Å². The first-order valence-corrected chi connectivity index (χ1v) is 8.44. The highest BCUT2D eigenvalue weighted by Gasteiger charge is 2.26. The van der Waals surface area contributed by atoms with Crippen molar-refractivity contribution in [2.75, 3.05) is 13.1 Å². The normalized spacial score (nSPS) is 23.1. The number of nitrogens with one attached hydrogen (secondary N) is 1. The summed E-state index contributed by atoms with van der Waals surface area (Å²) in [5.41, 5.74) is 2.66. The molecule has 0 aliphatic heterocycles. The minimum Gasteiger partial charge on any atom is -0.317 e. The van der Waals surface area contributed by atoms with Crippen LogP contribution in [-0.2, 0) is 0 Å². The summed E-state index contributed by atoms with van der Waals surface area (Å²) < 4.78 is 0. The van der Waals surface area contributed by atoms with Gasteiger partial charge in [0.2, 0.25) is 0 Å². The van der Waals surface area contributed by atoms with E-state index in [0.29, 0.717) is 5.92 Å². The maximum atomic E-state index is 4.53. The van der Waals surface area contributed by atoms with Crippen molar-refractivity contribution in [3.8, 4) is 0 Å². The van der Waals surface area contributed by atoms with Crippen LogP contribution in [0.15, 0.2) is 36.5 Å². The summed E-state index contributed by atoms with van der Waals surface area (Å²) in [6.45, 7) is 4.42. The van der Waals surface area contributed by atoms with Crippen LogP contribution in [-0.4, -0.2) is 18.1 Å². The molecule has 2 aromatic rings. The summed E-state index contributed by atoms with van der Waals surface area (Å²) in [7, 11) is 0. The Labute approximate surface area is 128 Å². The standard InChI is InChI=1S/C19H26N2/c1-2-20-14-15-8-4-3-5-9-16(15)17-10-6-12-19-18(17)11-7-13-21-19/h6-7,10-13,15-16,20H,2-5,8-9,14H2,1H3. The quantitative estimate of drug-likeness (QED) is 0.835. The van der Waals surface area contributed by atoms with Gasteiger partial charge in [-0.15, -0.1) is 0 Å². The van der Waals surface area contributed by atoms with Crippen LogP contribution in [0.1, 0.15) is 50.5 Å². The third-order valence-corrected chi connectivity index (χ3v) is 4.89. The summed E-state index contributed by atoms with van der Waals surface area (Å²) >= 11 is 0. The first-order chi connectivity index (χ1) is 10.4. The third kappa shape index (κ3) is 3.26. The molecule has 0 radical (unpaired) electrons. The molecule has 112 valence electrons. The number of pyridine rings is 1. The first kappa shape index (κ1) is 14.5. The highest BCUT2D eigenvalue weighted by molar-refractivity contribution is 5.82. The van der Waals surface area contributed by atoms with Crippen molar-refractivity contribution in [1.82, 2.24) is 10.3 Å². The van der Waals surface area contributed by atoms with Crippen molar-refractivity contribution in [2.24, 2.45) is 5.92 Å². The lowest BCUT2D eigenvalue weighted by atomic mass is 9.81. The molecular formula is C19H26N2. The van der Waals surface area contributed by atoms with E-state index < -0.39 is 0 Å². The van der Waals surface area contributed by atoms with Gasteiger partial charge in [-0.2, -0.15) is 0 Å². The fraction of sp³-hybridized carbons (Fsp3) is 0.526. The number of aromatic nitrogens is 1. The Morgan fingerprint density at radius 2 is 2.00 bits per heavy atom. The Morgan fingerprint density at radius 3 is 2.90 bits per heavy atom. The molecule has 0 saturated heterocycles. The van der Waals surface area contributed by atoms with Gasteiger partial charge in [0.1, 0.15) is 0 Å². The number of hydrogen-bond acceptors (Lipinski definition) is 2. The summed E-state index contributed by atoms with van der Waals surface area (Å²) in [6, 6.07) is 11.0. The van der Waals surface area contributed by atoms with Gasteiger partial charge < -0.3 is 5.32 Å². The molecule has 1 saturated carbocycles. The molecule has 3 rings (SSSR count). The first-order valence-electron chi connectivity index (χ1n) is 8.44. The van der Waals surface area contributed by atoms with E-state index in [1.807, 2.05) is 6.20 Å². The molecule has 2 atom stereocenters. The molecule has 2 heteroatoms. The van der Waals surface area contributed by atoms with Crippen LogP contribution in [0.25, 0.3) is 10.9 Å². The van der Waals surface area contributed by atoms with Crippen molar-refractivity contribution in [3.63, 3.8) is 0 Å². The van der Waals surface area contributed by atoms with Crippen LogP contribution < -0.4 is 5.32 Å². The monoisotopic (exact) mass is 282 g/mol. The molecule has 21 heavy (non-hydrogen) atoms. The Morgan fingerprint density at radius 1 is 1.10 bits per heavy atom. The van der Waals surface area contributed by atoms with Crippen LogP contribution in [0.5, 0.6) is 0 Å². The number of hydrogen-bond donors (Lipinski definition) is 1. The Kier molecular flexibility index (Phi) is 4.87. The predicted molar refractivity (Wildman–Crippen MR) is 89.6 cm³/mol. The lowest BCUT2D eigenvalue weighted by Crippen LogP contribution is -2.26. The average molecular weight is 282 g/mol. The molecule has 2 unspecified atom stereocenters. The third-order valence-electron chi connectivity index (χ3n) is 4.89. The lowest BCUT2D eigenvalue weighted by molar-refractivity contribution is 0.380. The van der Waals surface area contributed by atoms with E-state index in [4.69, 9.17) is 0 Å². The number of fused-ring (bicyclic) bond motifs is 1. The van der Waals surface area contributed by atoms with Crippen LogP contribution in [0.3, 0.4) is 0 Å². The van der Waals surface area contributed by atoms with Crippen LogP contribution >= 0.6 is 0 Å². The van der Waals surface area contributed by atoms with Gasteiger partial charge in [-0.05, 0) is 55.5 Å². The topological polar surface area (TPSA) is 24.9 Å². The van der Waals surface area contributed by atoms with Crippen molar-refractivity contribution in [2.45, 2.75) is 44.9 Å². The summed E-state index contributed by atoms with van der Waals surface area (Å²) in [6.07, 6.45) is 8.72. The fourth-order valence-corrected chi connectivity index (χ4v) is 3.82. The van der Waals surface area contributed by atoms with Gasteiger partial charge in [0, 0.05) is 11.6 Å². The van der Waals surface area contributed by atoms with Gasteiger partial charge in [0.05, 0.1) is 5.52 Å². The van der Waals surface area contributed by atoms with E-state index in [0.717, 1.165) is 24.5 Å². The zero-order chi connectivity index (χ0) is 14.5. The molecule has 0 spiro atoms. The molecule has 1 fully saturated rings. The van der Waals surface area contributed by atoms with E-state index in [1.165, 1.54) is 43.1 Å². The molecular weight excluding hydrogens is 256 g/mol. The van der Waals surface area contributed by atoms with E-state index in [2.05, 4.69) is 47.6 Å². The summed E-state index contributed by atoms with van der Waals surface area (Å²) in [4.78, 5) is 4.53. The molecule has 1 N–H and O–H groups in total. The second kappa shape index (κ2) is 7.04. The largest absolute Gasteiger partial charge is 0.317 e. The molecule has 0 bridgehead atoms. The summed E-state index contributed by atoms with van der Waals surface area (Å²) in [5, 5.41) is 4.93. The molecule has 1 aromatic heterocycles. The van der Waals surface area contributed by atoms with Gasteiger partial charge >= 0.3 is 0 Å². The van der Waals surface area contributed by atoms with E-state index >= 15 is 0 Å². The van der Waals surface area contributed by atoms with E-state index in [9.17, 15) is 0 Å². The minimum atomic E-state index is 0.680. The molecule has 1 aromatic carbocycles. The molecule has 1 heterocycles. The van der Waals surface area contributed by atoms with Crippen LogP contribution in [0.4, 0.5) is 0 Å². The zero-order valence-electron chi connectivity index (χ0n) is 13.0. The highest BCUT2D eigenvalue weighted by atomic mass is 14.8. The van der Waals surface area contributed by atoms with Gasteiger partial charge in [0.25, 0.3) is 0 Å². The number of nitrogens with zero attached hydrogens (tertiary/aromatic N) is 1. The number of benzene rings is 1. The van der Waals surface area contributed by atoms with E-state index in [1.54, 1.807) is 0 Å². The molecule has 1 aliphatic carbocycles. The van der Waals surface area contributed by atoms with Crippen LogP contribution in [0.2, 0.25) is 0 Å². The molecule has 2 nitrogen and oxygen atoms in total. The zero-order valence-corrected chi connectivity index (χ0v) is 13.0. The molecule has 1 aliphatic rings. The average Bonchev–Trinajstić information content (AvgIpc) is 2.77. The van der Waals surface area contributed by atoms with Crippen molar-refractivity contribution < 1.29 is 0 Å². The van der Waals surface area contributed by atoms with Gasteiger partial charge in [-0.3, -0.25) is 4.98 Å². The smallest absolute Gasteiger partial charge is 0.0704 e.